The smallest absolute Gasteiger partial charge is 0.157 e. The Labute approximate surface area is 84.6 Å². The van der Waals surface area contributed by atoms with E-state index in [4.69, 9.17) is 0 Å². The fraction of sp³-hybridized carbons (Fsp3) is 0.333. The molecule has 0 saturated carbocycles. The summed E-state index contributed by atoms with van der Waals surface area (Å²) in [6, 6.07) is 0. The van der Waals surface area contributed by atoms with E-state index in [0.29, 0.717) is 0 Å². The molecule has 0 aliphatic heterocycles. The minimum Gasteiger partial charge on any atom is -0.504 e. The monoisotopic (exact) mass is 192 g/mol. The maximum atomic E-state index is 9.39. The van der Waals surface area contributed by atoms with Gasteiger partial charge in [0.05, 0.1) is 0 Å². The van der Waals surface area contributed by atoms with E-state index in [0.717, 1.165) is 5.57 Å². The second-order valence-corrected chi connectivity index (χ2v) is 3.49. The van der Waals surface area contributed by atoms with Crippen molar-refractivity contribution in [2.75, 3.05) is 0 Å². The van der Waals surface area contributed by atoms with E-state index >= 15 is 0 Å². The van der Waals surface area contributed by atoms with E-state index in [9.17, 15) is 10.2 Å². The number of rotatable bonds is 2. The van der Waals surface area contributed by atoms with E-state index < -0.39 is 0 Å². The zero-order valence-corrected chi connectivity index (χ0v) is 8.57. The van der Waals surface area contributed by atoms with Gasteiger partial charge in [0.15, 0.2) is 11.5 Å². The molecular weight excluding hydrogens is 176 g/mol. The first-order chi connectivity index (χ1) is 6.60. The highest BCUT2D eigenvalue weighted by atomic mass is 16.3. The Kier molecular flexibility index (Phi) is 3.18. The van der Waals surface area contributed by atoms with Gasteiger partial charge in [-0.1, -0.05) is 19.1 Å². The van der Waals surface area contributed by atoms with Crippen LogP contribution in [0.4, 0.5) is 0 Å². The van der Waals surface area contributed by atoms with E-state index in [1.807, 2.05) is 26.0 Å². The molecule has 0 bridgehead atoms. The fourth-order valence-corrected chi connectivity index (χ4v) is 1.56. The van der Waals surface area contributed by atoms with Crippen molar-refractivity contribution in [2.45, 2.75) is 13.8 Å². The maximum absolute atomic E-state index is 9.39. The first-order valence-corrected chi connectivity index (χ1v) is 4.70. The van der Waals surface area contributed by atoms with Gasteiger partial charge in [0.2, 0.25) is 0 Å². The molecule has 0 aromatic heterocycles. The van der Waals surface area contributed by atoms with Gasteiger partial charge in [0, 0.05) is 5.92 Å². The predicted molar refractivity (Wildman–Crippen MR) is 58.0 cm³/mol. The highest BCUT2D eigenvalue weighted by molar-refractivity contribution is 5.39. The van der Waals surface area contributed by atoms with Gasteiger partial charge in [-0.05, 0) is 30.6 Å². The third kappa shape index (κ3) is 1.90. The molecule has 14 heavy (non-hydrogen) atoms. The molecule has 2 heteroatoms. The van der Waals surface area contributed by atoms with Crippen LogP contribution in [0.1, 0.15) is 13.8 Å². The number of hydrogen-bond donors (Lipinski definition) is 2. The Hall–Kier alpha value is -1.44. The van der Waals surface area contributed by atoms with Gasteiger partial charge < -0.3 is 10.2 Å². The predicted octanol–water partition coefficient (Wildman–Crippen LogP) is 3.27. The number of aliphatic hydroxyl groups excluding tert-OH is 2. The van der Waals surface area contributed by atoms with Crippen molar-refractivity contribution >= 4 is 0 Å². The Morgan fingerprint density at radius 2 is 2.07 bits per heavy atom. The minimum absolute atomic E-state index is 0.0469. The van der Waals surface area contributed by atoms with Crippen molar-refractivity contribution in [1.82, 2.24) is 0 Å². The summed E-state index contributed by atoms with van der Waals surface area (Å²) in [4.78, 5) is 0. The lowest BCUT2D eigenvalue weighted by Crippen LogP contribution is -2.14. The molecule has 0 aromatic carbocycles. The quantitative estimate of drug-likeness (QED) is 0.659. The van der Waals surface area contributed by atoms with Crippen LogP contribution < -0.4 is 0 Å². The first-order valence-electron chi connectivity index (χ1n) is 4.70. The van der Waals surface area contributed by atoms with Crippen molar-refractivity contribution in [3.8, 4) is 0 Å². The number of allylic oxidation sites excluding steroid dienone is 5. The van der Waals surface area contributed by atoms with Crippen molar-refractivity contribution < 1.29 is 10.2 Å². The van der Waals surface area contributed by atoms with Crippen LogP contribution in [-0.4, -0.2) is 10.2 Å². The highest BCUT2D eigenvalue weighted by Crippen LogP contribution is 2.30. The Morgan fingerprint density at radius 3 is 2.57 bits per heavy atom. The summed E-state index contributed by atoms with van der Waals surface area (Å²) in [5, 5.41) is 18.7. The molecule has 2 N–H and O–H groups in total. The lowest BCUT2D eigenvalue weighted by atomic mass is 9.83. The molecule has 0 amide bonds. The van der Waals surface area contributed by atoms with Gasteiger partial charge in [-0.15, -0.1) is 6.58 Å². The molecule has 0 spiro atoms. The fourth-order valence-electron chi connectivity index (χ4n) is 1.56. The largest absolute Gasteiger partial charge is 0.504 e. The molecule has 0 radical (unpaired) electrons. The third-order valence-corrected chi connectivity index (χ3v) is 2.56. The summed E-state index contributed by atoms with van der Waals surface area (Å²) >= 11 is 0. The van der Waals surface area contributed by atoms with Crippen LogP contribution in [0.2, 0.25) is 0 Å². The van der Waals surface area contributed by atoms with E-state index in [1.165, 1.54) is 0 Å². The summed E-state index contributed by atoms with van der Waals surface area (Å²) in [5.41, 5.74) is 1.01. The molecule has 0 aromatic rings. The summed E-state index contributed by atoms with van der Waals surface area (Å²) in [6.45, 7) is 7.67. The van der Waals surface area contributed by atoms with Gasteiger partial charge in [-0.3, -0.25) is 0 Å². The zero-order valence-electron chi connectivity index (χ0n) is 8.57. The highest BCUT2D eigenvalue weighted by Gasteiger charge is 2.21. The number of aliphatic hydroxyl groups is 2. The topological polar surface area (TPSA) is 40.5 Å². The van der Waals surface area contributed by atoms with Crippen LogP contribution >= 0.6 is 0 Å². The molecule has 0 saturated heterocycles. The van der Waals surface area contributed by atoms with Crippen molar-refractivity contribution in [2.24, 2.45) is 11.8 Å². The molecule has 2 atom stereocenters. The van der Waals surface area contributed by atoms with Crippen LogP contribution in [0.15, 0.2) is 48.0 Å². The van der Waals surface area contributed by atoms with Gasteiger partial charge in [0.1, 0.15) is 0 Å². The molecule has 2 nitrogen and oxygen atoms in total. The Balaban J connectivity index is 3.03. The van der Waals surface area contributed by atoms with Crippen molar-refractivity contribution in [3.05, 3.63) is 48.0 Å². The van der Waals surface area contributed by atoms with Gasteiger partial charge in [-0.25, -0.2) is 0 Å². The van der Waals surface area contributed by atoms with Crippen molar-refractivity contribution in [3.63, 3.8) is 0 Å². The summed E-state index contributed by atoms with van der Waals surface area (Å²) < 4.78 is 0. The molecule has 0 heterocycles. The molecule has 1 rings (SSSR count). The lowest BCUT2D eigenvalue weighted by Gasteiger charge is -2.23. The average molecular weight is 192 g/mol. The summed E-state index contributed by atoms with van der Waals surface area (Å²) in [7, 11) is 0. The molecule has 76 valence electrons. The molecule has 2 unspecified atom stereocenters. The van der Waals surface area contributed by atoms with E-state index in [1.54, 1.807) is 12.2 Å². The van der Waals surface area contributed by atoms with Crippen LogP contribution in [0.25, 0.3) is 0 Å². The van der Waals surface area contributed by atoms with Crippen LogP contribution in [0.3, 0.4) is 0 Å². The van der Waals surface area contributed by atoms with Gasteiger partial charge in [-0.2, -0.15) is 0 Å². The summed E-state index contributed by atoms with van der Waals surface area (Å²) in [6.07, 6.45) is 7.04. The van der Waals surface area contributed by atoms with E-state index in [-0.39, 0.29) is 23.4 Å². The second-order valence-electron chi connectivity index (χ2n) is 3.49. The lowest BCUT2D eigenvalue weighted by molar-refractivity contribution is 0.315. The van der Waals surface area contributed by atoms with Crippen molar-refractivity contribution in [1.29, 1.82) is 0 Å². The molecule has 1 aliphatic carbocycles. The number of hydrogen-bond acceptors (Lipinski definition) is 2. The first kappa shape index (κ1) is 10.6. The van der Waals surface area contributed by atoms with Crippen LogP contribution in [-0.2, 0) is 0 Å². The van der Waals surface area contributed by atoms with Crippen LogP contribution in [0, 0.1) is 11.8 Å². The Bertz CT molecular complexity index is 321. The molecule has 0 fully saturated rings. The maximum Gasteiger partial charge on any atom is 0.157 e. The normalized spacial score (nSPS) is 26.7. The SMILES string of the molecule is C=CC(C)C1C=C(O)C(O)=C/C1=C/C. The van der Waals surface area contributed by atoms with Gasteiger partial charge >= 0.3 is 0 Å². The average Bonchev–Trinajstić information content (AvgIpc) is 2.20. The van der Waals surface area contributed by atoms with Crippen LogP contribution in [0.5, 0.6) is 0 Å². The standard InChI is InChI=1S/C12H16O2/c1-4-8(3)10-7-12(14)11(13)6-9(10)5-2/h4-8,10,13-14H,1H2,2-3H3/b9-5-. The minimum atomic E-state index is -0.0642. The second kappa shape index (κ2) is 4.18. The molecular formula is C12H16O2. The molecule has 1 aliphatic rings. The van der Waals surface area contributed by atoms with E-state index in [2.05, 4.69) is 6.58 Å². The summed E-state index contributed by atoms with van der Waals surface area (Å²) in [5.74, 6) is 0.237. The zero-order chi connectivity index (χ0) is 10.7. The third-order valence-electron chi connectivity index (χ3n) is 2.56. The van der Waals surface area contributed by atoms with Gasteiger partial charge in [0.25, 0.3) is 0 Å². The Morgan fingerprint density at radius 1 is 1.43 bits per heavy atom.